The van der Waals surface area contributed by atoms with Gasteiger partial charge in [0.1, 0.15) is 0 Å². The molecule has 0 fully saturated rings. The van der Waals surface area contributed by atoms with E-state index in [1.807, 2.05) is 0 Å². The van der Waals surface area contributed by atoms with E-state index in [0.29, 0.717) is 25.4 Å². The minimum absolute atomic E-state index is 0.108. The Morgan fingerprint density at radius 1 is 1.44 bits per heavy atom. The second-order valence-electron chi connectivity index (χ2n) is 4.51. The van der Waals surface area contributed by atoms with E-state index in [4.69, 9.17) is 10.8 Å². The Kier molecular flexibility index (Phi) is 8.21. The normalized spacial score (nSPS) is 14.6. The Morgan fingerprint density at radius 3 is 2.50 bits per heavy atom. The van der Waals surface area contributed by atoms with Crippen LogP contribution >= 0.6 is 0 Å². The van der Waals surface area contributed by atoms with Crippen molar-refractivity contribution in [3.05, 3.63) is 0 Å². The molecule has 16 heavy (non-hydrogen) atoms. The molecule has 1 amide bonds. The zero-order valence-corrected chi connectivity index (χ0v) is 10.8. The minimum Gasteiger partial charge on any atom is -0.392 e. The standard InChI is InChI=1S/C12H26N2O2/c1-4-11(7-8-13)5-6-12(16)14(3)9-10(2)15/h10-11,15H,4-9,13H2,1-3H3. The maximum Gasteiger partial charge on any atom is 0.222 e. The average Bonchev–Trinajstić information content (AvgIpc) is 2.22. The van der Waals surface area contributed by atoms with Crippen LogP contribution in [0.15, 0.2) is 0 Å². The molecule has 96 valence electrons. The van der Waals surface area contributed by atoms with Gasteiger partial charge < -0.3 is 15.7 Å². The number of hydrogen-bond donors (Lipinski definition) is 2. The van der Waals surface area contributed by atoms with Crippen molar-refractivity contribution >= 4 is 5.91 Å². The zero-order chi connectivity index (χ0) is 12.6. The van der Waals surface area contributed by atoms with Gasteiger partial charge in [0.2, 0.25) is 5.91 Å². The molecule has 0 rings (SSSR count). The van der Waals surface area contributed by atoms with Gasteiger partial charge in [-0.25, -0.2) is 0 Å². The number of nitrogens with two attached hydrogens (primary N) is 1. The van der Waals surface area contributed by atoms with E-state index < -0.39 is 6.10 Å². The lowest BCUT2D eigenvalue weighted by Gasteiger charge is -2.20. The second kappa shape index (κ2) is 8.53. The quantitative estimate of drug-likeness (QED) is 0.653. The number of nitrogens with zero attached hydrogens (tertiary/aromatic N) is 1. The average molecular weight is 230 g/mol. The van der Waals surface area contributed by atoms with Crippen LogP contribution in [0.2, 0.25) is 0 Å². The van der Waals surface area contributed by atoms with Crippen LogP contribution in [0.1, 0.15) is 39.5 Å². The van der Waals surface area contributed by atoms with E-state index in [2.05, 4.69) is 6.92 Å². The van der Waals surface area contributed by atoms with Crippen molar-refractivity contribution in [3.63, 3.8) is 0 Å². The number of hydrogen-bond acceptors (Lipinski definition) is 3. The van der Waals surface area contributed by atoms with Crippen LogP contribution in [0.5, 0.6) is 0 Å². The van der Waals surface area contributed by atoms with Gasteiger partial charge in [-0.15, -0.1) is 0 Å². The van der Waals surface area contributed by atoms with Crippen LogP contribution in [-0.2, 0) is 4.79 Å². The number of aliphatic hydroxyl groups is 1. The summed E-state index contributed by atoms with van der Waals surface area (Å²) in [6.07, 6.45) is 3.06. The largest absolute Gasteiger partial charge is 0.392 e. The Balaban J connectivity index is 3.86. The maximum absolute atomic E-state index is 11.7. The van der Waals surface area contributed by atoms with Gasteiger partial charge in [-0.05, 0) is 32.2 Å². The van der Waals surface area contributed by atoms with Gasteiger partial charge >= 0.3 is 0 Å². The van der Waals surface area contributed by atoms with Gasteiger partial charge in [0.15, 0.2) is 0 Å². The minimum atomic E-state index is -0.458. The van der Waals surface area contributed by atoms with Crippen molar-refractivity contribution < 1.29 is 9.90 Å². The van der Waals surface area contributed by atoms with Gasteiger partial charge in [-0.1, -0.05) is 13.3 Å². The molecule has 0 radical (unpaired) electrons. The second-order valence-corrected chi connectivity index (χ2v) is 4.51. The number of likely N-dealkylation sites (N-methyl/N-ethyl adjacent to an activating group) is 1. The summed E-state index contributed by atoms with van der Waals surface area (Å²) in [6, 6.07) is 0. The Labute approximate surface area is 98.8 Å². The molecule has 4 heteroatoms. The molecule has 0 spiro atoms. The molecule has 4 nitrogen and oxygen atoms in total. The van der Waals surface area contributed by atoms with Crippen molar-refractivity contribution in [2.24, 2.45) is 11.7 Å². The van der Waals surface area contributed by atoms with Crippen LogP contribution in [0.25, 0.3) is 0 Å². The van der Waals surface area contributed by atoms with Crippen molar-refractivity contribution in [3.8, 4) is 0 Å². The van der Waals surface area contributed by atoms with Crippen LogP contribution in [0.4, 0.5) is 0 Å². The highest BCUT2D eigenvalue weighted by atomic mass is 16.3. The zero-order valence-electron chi connectivity index (χ0n) is 10.8. The molecule has 0 aliphatic heterocycles. The van der Waals surface area contributed by atoms with Crippen LogP contribution in [0, 0.1) is 5.92 Å². The van der Waals surface area contributed by atoms with Crippen molar-refractivity contribution in [1.82, 2.24) is 4.90 Å². The molecule has 0 saturated carbocycles. The highest BCUT2D eigenvalue weighted by Crippen LogP contribution is 2.15. The first-order valence-electron chi connectivity index (χ1n) is 6.13. The van der Waals surface area contributed by atoms with E-state index in [1.54, 1.807) is 18.9 Å². The third-order valence-corrected chi connectivity index (χ3v) is 2.88. The topological polar surface area (TPSA) is 66.6 Å². The van der Waals surface area contributed by atoms with E-state index in [9.17, 15) is 4.79 Å². The molecule has 0 heterocycles. The first-order chi connectivity index (χ1) is 7.51. The van der Waals surface area contributed by atoms with Crippen molar-refractivity contribution in [2.45, 2.75) is 45.6 Å². The Hall–Kier alpha value is -0.610. The summed E-state index contributed by atoms with van der Waals surface area (Å²) in [4.78, 5) is 13.3. The predicted octanol–water partition coefficient (Wildman–Crippen LogP) is 0.981. The highest BCUT2D eigenvalue weighted by molar-refractivity contribution is 5.75. The molecule has 2 unspecified atom stereocenters. The summed E-state index contributed by atoms with van der Waals surface area (Å²) in [7, 11) is 1.74. The van der Waals surface area contributed by atoms with E-state index in [1.165, 1.54) is 0 Å². The molecule has 0 saturated heterocycles. The third-order valence-electron chi connectivity index (χ3n) is 2.88. The lowest BCUT2D eigenvalue weighted by molar-refractivity contribution is -0.131. The van der Waals surface area contributed by atoms with Gasteiger partial charge in [-0.3, -0.25) is 4.79 Å². The molecular weight excluding hydrogens is 204 g/mol. The maximum atomic E-state index is 11.7. The Morgan fingerprint density at radius 2 is 2.06 bits per heavy atom. The van der Waals surface area contributed by atoms with Crippen LogP contribution in [0.3, 0.4) is 0 Å². The van der Waals surface area contributed by atoms with Gasteiger partial charge in [-0.2, -0.15) is 0 Å². The number of carbonyl (C=O) groups excluding carboxylic acids is 1. The molecular formula is C12H26N2O2. The predicted molar refractivity (Wildman–Crippen MR) is 66.0 cm³/mol. The monoisotopic (exact) mass is 230 g/mol. The fraction of sp³-hybridized carbons (Fsp3) is 0.917. The fourth-order valence-electron chi connectivity index (χ4n) is 1.80. The molecule has 0 aromatic carbocycles. The van der Waals surface area contributed by atoms with Gasteiger partial charge in [0.05, 0.1) is 6.10 Å². The molecule has 3 N–H and O–H groups in total. The molecule has 0 bridgehead atoms. The fourth-order valence-corrected chi connectivity index (χ4v) is 1.80. The number of carbonyl (C=O) groups is 1. The van der Waals surface area contributed by atoms with E-state index >= 15 is 0 Å². The SMILES string of the molecule is CCC(CCN)CCC(=O)N(C)CC(C)O. The van der Waals surface area contributed by atoms with Crippen molar-refractivity contribution in [1.29, 1.82) is 0 Å². The van der Waals surface area contributed by atoms with Gasteiger partial charge in [0, 0.05) is 20.0 Å². The molecule has 2 atom stereocenters. The molecule has 0 aromatic rings. The van der Waals surface area contributed by atoms with E-state index in [0.717, 1.165) is 19.3 Å². The lowest BCUT2D eigenvalue weighted by Crippen LogP contribution is -2.33. The molecule has 0 aromatic heterocycles. The van der Waals surface area contributed by atoms with Crippen LogP contribution in [-0.4, -0.2) is 42.2 Å². The Bertz CT molecular complexity index is 195. The third kappa shape index (κ3) is 6.80. The summed E-state index contributed by atoms with van der Waals surface area (Å²) in [5.74, 6) is 0.658. The first kappa shape index (κ1) is 15.4. The first-order valence-corrected chi connectivity index (χ1v) is 6.13. The smallest absolute Gasteiger partial charge is 0.222 e. The molecule has 0 aliphatic carbocycles. The summed E-state index contributed by atoms with van der Waals surface area (Å²) < 4.78 is 0. The number of amides is 1. The summed E-state index contributed by atoms with van der Waals surface area (Å²) in [6.45, 7) is 4.92. The molecule has 0 aliphatic rings. The summed E-state index contributed by atoms with van der Waals surface area (Å²) in [5, 5.41) is 9.17. The number of rotatable bonds is 8. The lowest BCUT2D eigenvalue weighted by atomic mass is 9.96. The number of aliphatic hydroxyl groups excluding tert-OH is 1. The highest BCUT2D eigenvalue weighted by Gasteiger charge is 2.13. The van der Waals surface area contributed by atoms with Crippen LogP contribution < -0.4 is 5.73 Å². The summed E-state index contributed by atoms with van der Waals surface area (Å²) >= 11 is 0. The summed E-state index contributed by atoms with van der Waals surface area (Å²) in [5.41, 5.74) is 5.51. The van der Waals surface area contributed by atoms with E-state index in [-0.39, 0.29) is 5.91 Å². The van der Waals surface area contributed by atoms with Gasteiger partial charge in [0.25, 0.3) is 0 Å². The van der Waals surface area contributed by atoms with Crippen molar-refractivity contribution in [2.75, 3.05) is 20.1 Å².